The predicted molar refractivity (Wildman–Crippen MR) is 246 cm³/mol. The van der Waals surface area contributed by atoms with Crippen LogP contribution in [-0.4, -0.2) is 102 Å². The molecule has 6 rings (SSSR count). The highest BCUT2D eigenvalue weighted by Crippen LogP contribution is 2.51. The lowest BCUT2D eigenvalue weighted by Gasteiger charge is -2.30. The van der Waals surface area contributed by atoms with Crippen molar-refractivity contribution >= 4 is 49.8 Å². The van der Waals surface area contributed by atoms with Crippen LogP contribution < -0.4 is 14.8 Å². The Morgan fingerprint density at radius 1 is 0.908 bits per heavy atom. The number of imide groups is 1. The van der Waals surface area contributed by atoms with Crippen molar-refractivity contribution in [3.05, 3.63) is 107 Å². The number of methoxy groups -OCH3 is 2. The van der Waals surface area contributed by atoms with Crippen LogP contribution in [0.3, 0.4) is 0 Å². The number of anilines is 1. The maximum Gasteiger partial charge on any atom is 0.333 e. The molecular weight excluding hydrogens is 879 g/mol. The fourth-order valence-corrected chi connectivity index (χ4v) is 9.15. The topological polar surface area (TPSA) is 210 Å². The Kier molecular flexibility index (Phi) is 17.2. The van der Waals surface area contributed by atoms with Gasteiger partial charge in [-0.1, -0.05) is 50.3 Å². The molecule has 0 radical (unpaired) electrons. The highest BCUT2D eigenvalue weighted by atomic mass is 32.2. The molecule has 65 heavy (non-hydrogen) atoms. The lowest BCUT2D eigenvalue weighted by molar-refractivity contribution is -0.197. The fraction of sp³-hybridized carbons (Fsp3) is 0.404. The third kappa shape index (κ3) is 12.2. The van der Waals surface area contributed by atoms with E-state index in [2.05, 4.69) is 4.58 Å². The summed E-state index contributed by atoms with van der Waals surface area (Å²) in [6.45, 7) is 10.1. The number of nitrogens with zero attached hydrogens (tertiary/aromatic N) is 3. The number of carbonyl (C=O) groups excluding carboxylic acids is 3. The van der Waals surface area contributed by atoms with Crippen molar-refractivity contribution in [2.24, 2.45) is 0 Å². The van der Waals surface area contributed by atoms with E-state index in [1.807, 2.05) is 81.1 Å². The van der Waals surface area contributed by atoms with Crippen LogP contribution in [0.15, 0.2) is 93.9 Å². The minimum Gasteiger partial charge on any atom is -0.456 e. The van der Waals surface area contributed by atoms with Gasteiger partial charge in [0, 0.05) is 74.0 Å². The molecule has 18 heteroatoms. The second kappa shape index (κ2) is 22.1. The molecule has 16 nitrogen and oxygen atoms in total. The summed E-state index contributed by atoms with van der Waals surface area (Å²) >= 11 is 0. The van der Waals surface area contributed by atoms with Crippen molar-refractivity contribution in [1.29, 1.82) is 0 Å². The zero-order chi connectivity index (χ0) is 47.5. The third-order valence-corrected chi connectivity index (χ3v) is 13.0. The summed E-state index contributed by atoms with van der Waals surface area (Å²) in [6.07, 6.45) is 5.39. The largest absolute Gasteiger partial charge is 0.456 e. The summed E-state index contributed by atoms with van der Waals surface area (Å²) in [5.41, 5.74) is 4.20. The molecule has 0 bridgehead atoms. The first kappa shape index (κ1) is 50.5. The Morgan fingerprint density at radius 2 is 1.57 bits per heavy atom. The highest BCUT2D eigenvalue weighted by molar-refractivity contribution is 7.86. The molecule has 4 aliphatic rings. The van der Waals surface area contributed by atoms with E-state index in [4.69, 9.17) is 18.7 Å². The van der Waals surface area contributed by atoms with Crippen LogP contribution in [0.4, 0.5) is 5.69 Å². The van der Waals surface area contributed by atoms with Gasteiger partial charge in [-0.3, -0.25) is 18.7 Å². The lowest BCUT2D eigenvalue weighted by atomic mass is 9.77. The maximum atomic E-state index is 12.9. The van der Waals surface area contributed by atoms with E-state index >= 15 is 0 Å². The Balaban J connectivity index is 0.00000391. The van der Waals surface area contributed by atoms with E-state index in [0.29, 0.717) is 59.8 Å². The number of carbonyl (C=O) groups is 3. The third-order valence-electron chi connectivity index (χ3n) is 11.3. The first-order valence-corrected chi connectivity index (χ1v) is 24.5. The standard InChI is InChI=1S/C45H51N3O13S2.C2H6/c1-31-38(60-39-29-33(46(24-26-58-3)25-27-59-4)16-18-35(39)44(31)32-11-6-5-7-12-32)13-8-14-40-45(2,22-9-15-43(51)61-48-41(49)20-21-42(48)50)36-30-34(63(55,56)57)17-19-37(36)47(40)23-10-28-62(52,53)54;1-2/h5-8,11-14,16-19,29-30H,9-10,15,20-28H2,1-4H3,(H-,52,53,54,55,56,57);1-2H3/p+1. The van der Waals surface area contributed by atoms with Gasteiger partial charge < -0.3 is 23.6 Å². The fourth-order valence-electron chi connectivity index (χ4n) is 8.15. The molecular formula is C47H58N3O13S2+. The molecule has 1 unspecified atom stereocenters. The first-order valence-electron chi connectivity index (χ1n) is 21.4. The van der Waals surface area contributed by atoms with Crippen molar-refractivity contribution < 1.29 is 59.1 Å². The molecule has 1 aliphatic carbocycles. The monoisotopic (exact) mass is 936 g/mol. The van der Waals surface area contributed by atoms with Gasteiger partial charge in [0.1, 0.15) is 24.7 Å². The Bertz CT molecular complexity index is 2670. The van der Waals surface area contributed by atoms with Gasteiger partial charge in [-0.15, -0.1) is 5.06 Å². The van der Waals surface area contributed by atoms with Crippen molar-refractivity contribution in [1.82, 2.24) is 9.64 Å². The molecule has 3 heterocycles. The quantitative estimate of drug-likeness (QED) is 0.0590. The van der Waals surface area contributed by atoms with E-state index in [0.717, 1.165) is 27.6 Å². The number of fused-ring (bicyclic) bond motifs is 2. The van der Waals surface area contributed by atoms with Crippen molar-refractivity contribution in [3.63, 3.8) is 0 Å². The summed E-state index contributed by atoms with van der Waals surface area (Å²) in [5, 5.41) is 1.38. The van der Waals surface area contributed by atoms with Crippen LogP contribution in [0.1, 0.15) is 76.2 Å². The molecule has 1 atom stereocenters. The van der Waals surface area contributed by atoms with Crippen molar-refractivity contribution in [3.8, 4) is 22.5 Å². The lowest BCUT2D eigenvalue weighted by Crippen LogP contribution is -2.35. The number of ether oxygens (including phenoxy) is 2. The van der Waals surface area contributed by atoms with Gasteiger partial charge in [-0.2, -0.15) is 16.8 Å². The maximum absolute atomic E-state index is 12.9. The summed E-state index contributed by atoms with van der Waals surface area (Å²) < 4.78 is 87.7. The molecule has 350 valence electrons. The summed E-state index contributed by atoms with van der Waals surface area (Å²) in [6, 6.07) is 20.1. The van der Waals surface area contributed by atoms with E-state index in [1.165, 1.54) is 18.2 Å². The van der Waals surface area contributed by atoms with Gasteiger partial charge in [-0.25, -0.2) is 9.37 Å². The van der Waals surface area contributed by atoms with E-state index < -0.39 is 49.2 Å². The van der Waals surface area contributed by atoms with Gasteiger partial charge in [0.2, 0.25) is 5.36 Å². The molecule has 0 aromatic heterocycles. The molecule has 2 aromatic carbocycles. The average molecular weight is 937 g/mol. The van der Waals surface area contributed by atoms with E-state index in [1.54, 1.807) is 32.4 Å². The molecule has 2 amide bonds. The van der Waals surface area contributed by atoms with Crippen LogP contribution in [-0.2, 0) is 54.3 Å². The number of hydrogen-bond acceptors (Lipinski definition) is 12. The molecule has 2 N–H and O–H groups in total. The Hall–Kier alpha value is -5.50. The van der Waals surface area contributed by atoms with Crippen LogP contribution in [0.2, 0.25) is 0 Å². The van der Waals surface area contributed by atoms with Crippen molar-refractivity contribution in [2.45, 2.75) is 76.5 Å². The van der Waals surface area contributed by atoms with Gasteiger partial charge in [0.25, 0.3) is 32.1 Å². The van der Waals surface area contributed by atoms with Gasteiger partial charge in [-0.05, 0) is 86.2 Å². The SMILES string of the molecule is CC.COCC[N+](CCOC)=c1ccc2c(-c3ccccc3)c(C)c(/C=C/C=C3/N(CCCS(=O)(=O)O)c4ccc(S(=O)(=O)O)cc4C3(C)CCCC(=O)ON3C(=O)CCC3=O)oc-2c1. The summed E-state index contributed by atoms with van der Waals surface area (Å²) in [5.74, 6) is -1.43. The normalized spacial score (nSPS) is 17.0. The molecule has 1 fully saturated rings. The smallest absolute Gasteiger partial charge is 0.333 e. The molecule has 0 spiro atoms. The van der Waals surface area contributed by atoms with Crippen LogP contribution >= 0.6 is 0 Å². The van der Waals surface area contributed by atoms with E-state index in [-0.39, 0.29) is 50.0 Å². The van der Waals surface area contributed by atoms with Crippen LogP contribution in [0.25, 0.3) is 28.5 Å². The van der Waals surface area contributed by atoms with Gasteiger partial charge >= 0.3 is 5.97 Å². The Morgan fingerprint density at radius 3 is 2.18 bits per heavy atom. The predicted octanol–water partition coefficient (Wildman–Crippen LogP) is 6.43. The summed E-state index contributed by atoms with van der Waals surface area (Å²) in [7, 11) is -5.69. The number of rotatable bonds is 19. The second-order valence-electron chi connectivity index (χ2n) is 15.6. The number of amides is 2. The molecule has 2 aromatic rings. The van der Waals surface area contributed by atoms with Crippen LogP contribution in [0.5, 0.6) is 0 Å². The summed E-state index contributed by atoms with van der Waals surface area (Å²) in [4.78, 5) is 43.6. The second-order valence-corrected chi connectivity index (χ2v) is 18.6. The molecule has 1 saturated heterocycles. The number of benzene rings is 3. The molecule has 0 saturated carbocycles. The number of hydrogen-bond donors (Lipinski definition) is 2. The number of hydroxylamine groups is 2. The molecule has 3 aliphatic heterocycles. The van der Waals surface area contributed by atoms with Gasteiger partial charge in [0.05, 0.1) is 16.7 Å². The highest BCUT2D eigenvalue weighted by Gasteiger charge is 2.44. The number of allylic oxidation sites excluding steroid dienone is 3. The van der Waals surface area contributed by atoms with E-state index in [9.17, 15) is 40.3 Å². The zero-order valence-corrected chi connectivity index (χ0v) is 39.2. The first-order chi connectivity index (χ1) is 30.9. The zero-order valence-electron chi connectivity index (χ0n) is 37.6. The average Bonchev–Trinajstić information content (AvgIpc) is 3.70. The minimum atomic E-state index is -4.66. The Labute approximate surface area is 380 Å². The minimum absolute atomic E-state index is 0.00661. The van der Waals surface area contributed by atoms with Gasteiger partial charge in [0.15, 0.2) is 13.1 Å². The van der Waals surface area contributed by atoms with Crippen LogP contribution in [0, 0.1) is 6.92 Å². The van der Waals surface area contributed by atoms with Crippen molar-refractivity contribution in [2.75, 3.05) is 57.7 Å².